The van der Waals surface area contributed by atoms with Gasteiger partial charge in [0.2, 0.25) is 6.41 Å². The Morgan fingerprint density at radius 1 is 1.22 bits per heavy atom. The predicted molar refractivity (Wildman–Crippen MR) is 124 cm³/mol. The number of pyridine rings is 1. The molecule has 2 amide bonds. The largest absolute Gasteiger partial charge is 0.355 e. The molecular weight excluding hydrogens is 525 g/mol. The first kappa shape index (κ1) is 24.2. The topological polar surface area (TPSA) is 118 Å². The molecule has 0 radical (unpaired) electrons. The molecule has 3 rings (SSSR count). The lowest BCUT2D eigenvalue weighted by molar-refractivity contribution is -0.103. The normalized spacial score (nSPS) is 11.8. The minimum absolute atomic E-state index is 0.0761. The van der Waals surface area contributed by atoms with Crippen LogP contribution in [0, 0.1) is 6.92 Å². The lowest BCUT2D eigenvalue weighted by Crippen LogP contribution is -2.45. The van der Waals surface area contributed by atoms with E-state index >= 15 is 0 Å². The Bertz CT molecular complexity index is 1170. The lowest BCUT2D eigenvalue weighted by Gasteiger charge is -2.17. The third-order valence-corrected chi connectivity index (χ3v) is 5.46. The number of hydrogen-bond acceptors (Lipinski definition) is 6. The van der Waals surface area contributed by atoms with Crippen LogP contribution < -0.4 is 16.2 Å². The van der Waals surface area contributed by atoms with Crippen LogP contribution >= 0.6 is 39.1 Å². The average molecular weight is 543 g/mol. The number of aliphatic hydroxyl groups is 1. The number of methoxy groups -OCH3 is 1. The second-order valence-corrected chi connectivity index (χ2v) is 8.13. The van der Waals surface area contributed by atoms with E-state index < -0.39 is 18.2 Å². The fraction of sp³-hybridized carbons (Fsp3) is 0.150. The number of aliphatic hydroxyl groups excluding tert-OH is 1. The third kappa shape index (κ3) is 5.29. The van der Waals surface area contributed by atoms with Gasteiger partial charge in [-0.15, -0.1) is 0 Å². The summed E-state index contributed by atoms with van der Waals surface area (Å²) in [5, 5.41) is 12.8. The number of nitrogens with one attached hydrogen (secondary N) is 3. The van der Waals surface area contributed by atoms with Gasteiger partial charge in [0.05, 0.1) is 20.9 Å². The maximum Gasteiger partial charge on any atom is 0.272 e. The fourth-order valence-corrected chi connectivity index (χ4v) is 3.84. The number of benzene rings is 1. The zero-order valence-corrected chi connectivity index (χ0v) is 19.9. The Balaban J connectivity index is 1.96. The highest BCUT2D eigenvalue weighted by Gasteiger charge is 2.22. The molecule has 0 saturated carbocycles. The van der Waals surface area contributed by atoms with Crippen LogP contribution in [0.2, 0.25) is 10.0 Å². The molecule has 3 aromatic rings. The Morgan fingerprint density at radius 2 is 1.97 bits per heavy atom. The van der Waals surface area contributed by atoms with Crippen LogP contribution in [-0.4, -0.2) is 40.0 Å². The molecule has 9 nitrogen and oxygen atoms in total. The zero-order valence-electron chi connectivity index (χ0n) is 16.8. The Hall–Kier alpha value is -2.47. The maximum absolute atomic E-state index is 13.2. The minimum atomic E-state index is -1.42. The summed E-state index contributed by atoms with van der Waals surface area (Å²) >= 11 is 15.8. The molecule has 0 saturated heterocycles. The van der Waals surface area contributed by atoms with Crippen molar-refractivity contribution in [2.45, 2.75) is 13.3 Å². The smallest absolute Gasteiger partial charge is 0.272 e. The number of hydrazine groups is 1. The van der Waals surface area contributed by atoms with E-state index in [1.54, 1.807) is 48.0 Å². The highest BCUT2D eigenvalue weighted by molar-refractivity contribution is 9.10. The SMILES string of the molecule is COC(O)NNC(=O)c1cc(Cl)cc(C)c1NC(=O)c1ccc(Br)n1-c1ncccc1Cl. The lowest BCUT2D eigenvalue weighted by atomic mass is 10.1. The van der Waals surface area contributed by atoms with Crippen LogP contribution in [0.25, 0.3) is 5.82 Å². The number of carbonyl (C=O) groups is 2. The van der Waals surface area contributed by atoms with E-state index in [1.807, 2.05) is 0 Å². The standard InChI is InChI=1S/C20H18BrCl2N5O4/c1-10-8-11(22)9-12(18(29)26-27-20(31)32-2)16(10)25-19(30)14-5-6-15(21)28(14)17-13(23)4-3-7-24-17/h3-9,20,27,31H,1-2H3,(H,25,30)(H,26,29). The molecular formula is C20H18BrCl2N5O4. The highest BCUT2D eigenvalue weighted by atomic mass is 79.9. The zero-order chi connectivity index (χ0) is 23.4. The van der Waals surface area contributed by atoms with E-state index in [4.69, 9.17) is 23.2 Å². The summed E-state index contributed by atoms with van der Waals surface area (Å²) in [7, 11) is 1.25. The van der Waals surface area contributed by atoms with Gasteiger partial charge in [0.1, 0.15) is 5.69 Å². The molecule has 0 spiro atoms. The molecule has 32 heavy (non-hydrogen) atoms. The van der Waals surface area contributed by atoms with Gasteiger partial charge in [0.15, 0.2) is 5.82 Å². The van der Waals surface area contributed by atoms with Crippen molar-refractivity contribution in [1.82, 2.24) is 20.4 Å². The minimum Gasteiger partial charge on any atom is -0.355 e. The number of halogens is 3. The summed E-state index contributed by atoms with van der Waals surface area (Å²) in [5.74, 6) is -0.798. The number of ether oxygens (including phenoxy) is 1. The molecule has 0 bridgehead atoms. The summed E-state index contributed by atoms with van der Waals surface area (Å²) in [6.45, 7) is 1.69. The predicted octanol–water partition coefficient (Wildman–Crippen LogP) is 3.66. The molecule has 0 fully saturated rings. The number of hydrogen-bond donors (Lipinski definition) is 4. The fourth-order valence-electron chi connectivity index (χ4n) is 2.87. The van der Waals surface area contributed by atoms with Gasteiger partial charge in [-0.05, 0) is 64.8 Å². The quantitative estimate of drug-likeness (QED) is 0.267. The third-order valence-electron chi connectivity index (χ3n) is 4.33. The van der Waals surface area contributed by atoms with Crippen molar-refractivity contribution < 1.29 is 19.4 Å². The second kappa shape index (κ2) is 10.4. The van der Waals surface area contributed by atoms with E-state index in [0.29, 0.717) is 26.0 Å². The first-order valence-electron chi connectivity index (χ1n) is 9.09. The summed E-state index contributed by atoms with van der Waals surface area (Å²) in [4.78, 5) is 30.1. The first-order valence-corrected chi connectivity index (χ1v) is 10.6. The van der Waals surface area contributed by atoms with E-state index in [2.05, 4.69) is 41.8 Å². The number of carbonyl (C=O) groups excluding carboxylic acids is 2. The molecule has 2 aromatic heterocycles. The summed E-state index contributed by atoms with van der Waals surface area (Å²) in [5.41, 5.74) is 5.65. The van der Waals surface area contributed by atoms with Crippen LogP contribution in [0.1, 0.15) is 26.4 Å². The molecule has 1 atom stereocenters. The van der Waals surface area contributed by atoms with Crippen molar-refractivity contribution in [3.05, 3.63) is 74.1 Å². The second-order valence-electron chi connectivity index (χ2n) is 6.47. The molecule has 168 valence electrons. The van der Waals surface area contributed by atoms with Crippen molar-refractivity contribution in [3.63, 3.8) is 0 Å². The number of aromatic nitrogens is 2. The van der Waals surface area contributed by atoms with Crippen molar-refractivity contribution in [2.75, 3.05) is 12.4 Å². The molecule has 0 aliphatic heterocycles. The number of nitrogens with zero attached hydrogens (tertiary/aromatic N) is 2. The van der Waals surface area contributed by atoms with Crippen molar-refractivity contribution in [3.8, 4) is 5.82 Å². The molecule has 1 unspecified atom stereocenters. The van der Waals surface area contributed by atoms with Gasteiger partial charge in [-0.3, -0.25) is 19.6 Å². The van der Waals surface area contributed by atoms with Crippen LogP contribution in [0.3, 0.4) is 0 Å². The van der Waals surface area contributed by atoms with E-state index in [0.717, 1.165) is 0 Å². The summed E-state index contributed by atoms with van der Waals surface area (Å²) < 4.78 is 6.72. The van der Waals surface area contributed by atoms with Crippen LogP contribution in [0.4, 0.5) is 5.69 Å². The van der Waals surface area contributed by atoms with Gasteiger partial charge < -0.3 is 15.2 Å². The van der Waals surface area contributed by atoms with Crippen molar-refractivity contribution in [2.24, 2.45) is 0 Å². The van der Waals surface area contributed by atoms with Gasteiger partial charge >= 0.3 is 0 Å². The summed E-state index contributed by atoms with van der Waals surface area (Å²) in [6, 6.07) is 9.61. The Kier molecular flexibility index (Phi) is 7.88. The molecule has 2 heterocycles. The van der Waals surface area contributed by atoms with Gasteiger partial charge in [0, 0.05) is 18.3 Å². The van der Waals surface area contributed by atoms with Crippen LogP contribution in [0.15, 0.2) is 47.2 Å². The van der Waals surface area contributed by atoms with Crippen LogP contribution in [0.5, 0.6) is 0 Å². The van der Waals surface area contributed by atoms with Gasteiger partial charge in [-0.1, -0.05) is 23.2 Å². The molecule has 0 aliphatic rings. The van der Waals surface area contributed by atoms with Crippen molar-refractivity contribution in [1.29, 1.82) is 0 Å². The maximum atomic E-state index is 13.2. The van der Waals surface area contributed by atoms with Gasteiger partial charge in [-0.25, -0.2) is 4.98 Å². The summed E-state index contributed by atoms with van der Waals surface area (Å²) in [6.07, 6.45) is 0.142. The number of anilines is 1. The molecule has 4 N–H and O–H groups in total. The highest BCUT2D eigenvalue weighted by Crippen LogP contribution is 2.29. The molecule has 1 aromatic carbocycles. The number of amides is 2. The van der Waals surface area contributed by atoms with E-state index in [-0.39, 0.29) is 16.9 Å². The van der Waals surface area contributed by atoms with E-state index in [1.165, 1.54) is 13.2 Å². The van der Waals surface area contributed by atoms with E-state index in [9.17, 15) is 14.7 Å². The Labute approximate surface area is 201 Å². The monoisotopic (exact) mass is 541 g/mol. The molecule has 12 heteroatoms. The van der Waals surface area contributed by atoms with Gasteiger partial charge in [-0.2, -0.15) is 5.43 Å². The van der Waals surface area contributed by atoms with Gasteiger partial charge in [0.25, 0.3) is 11.8 Å². The average Bonchev–Trinajstić information content (AvgIpc) is 3.14. The number of rotatable bonds is 7. The Morgan fingerprint density at radius 3 is 2.66 bits per heavy atom. The number of aryl methyl sites for hydroxylation is 1. The van der Waals surface area contributed by atoms with Crippen LogP contribution in [-0.2, 0) is 4.74 Å². The first-order chi connectivity index (χ1) is 15.2. The molecule has 0 aliphatic carbocycles. The van der Waals surface area contributed by atoms with Crippen molar-refractivity contribution >= 4 is 56.6 Å².